The maximum absolute atomic E-state index is 13.2. The Labute approximate surface area is 291 Å². The van der Waals surface area contributed by atoms with Gasteiger partial charge >= 0.3 is 11.9 Å². The summed E-state index contributed by atoms with van der Waals surface area (Å²) in [5.74, 6) is -0.422. The number of hydrogen-bond donors (Lipinski definition) is 0. The van der Waals surface area contributed by atoms with Crippen LogP contribution in [0.5, 0.6) is 0 Å². The van der Waals surface area contributed by atoms with Crippen molar-refractivity contribution in [2.75, 3.05) is 46.9 Å². The highest BCUT2D eigenvalue weighted by Crippen LogP contribution is 2.22. The third-order valence-electron chi connectivity index (χ3n) is 9.31. The zero-order valence-electron chi connectivity index (χ0n) is 32.1. The fraction of sp³-hybridized carbons (Fsp3) is 0.925. The predicted octanol–water partition coefficient (Wildman–Crippen LogP) is 10.1. The molecule has 0 saturated carbocycles. The van der Waals surface area contributed by atoms with E-state index in [0.717, 1.165) is 64.2 Å². The summed E-state index contributed by atoms with van der Waals surface area (Å²) >= 11 is 0. The number of hydrogen-bond acceptors (Lipinski definition) is 6. The summed E-state index contributed by atoms with van der Waals surface area (Å²) in [4.78, 5) is 42.9. The first-order valence-electron chi connectivity index (χ1n) is 20.1. The molecular weight excluding hydrogens is 588 g/mol. The van der Waals surface area contributed by atoms with Crippen LogP contribution in [0.15, 0.2) is 0 Å². The van der Waals surface area contributed by atoms with Crippen LogP contribution in [0.3, 0.4) is 0 Å². The Morgan fingerprint density at radius 2 is 0.766 bits per heavy atom. The highest BCUT2D eigenvalue weighted by molar-refractivity contribution is 5.78. The molecule has 7 nitrogen and oxygen atoms in total. The number of carbonyl (C=O) groups is 3. The molecule has 2 atom stereocenters. The molecule has 0 aromatic heterocycles. The summed E-state index contributed by atoms with van der Waals surface area (Å²) in [6, 6.07) is 0. The lowest BCUT2D eigenvalue weighted by Gasteiger charge is -2.25. The highest BCUT2D eigenvalue weighted by Gasteiger charge is 2.23. The number of amides is 1. The van der Waals surface area contributed by atoms with Gasteiger partial charge in [-0.1, -0.05) is 156 Å². The van der Waals surface area contributed by atoms with E-state index >= 15 is 0 Å². The largest absolute Gasteiger partial charge is 0.464 e. The summed E-state index contributed by atoms with van der Waals surface area (Å²) in [5.41, 5.74) is 0. The number of unbranched alkanes of at least 4 members (excludes halogenated alkanes) is 16. The van der Waals surface area contributed by atoms with Crippen molar-refractivity contribution in [2.45, 2.75) is 182 Å². The van der Waals surface area contributed by atoms with E-state index in [1.54, 1.807) is 4.90 Å². The van der Waals surface area contributed by atoms with Crippen LogP contribution in [0.2, 0.25) is 0 Å². The van der Waals surface area contributed by atoms with Gasteiger partial charge in [0.2, 0.25) is 5.91 Å². The van der Waals surface area contributed by atoms with Crippen molar-refractivity contribution in [3.63, 3.8) is 0 Å². The lowest BCUT2D eigenvalue weighted by atomic mass is 9.94. The maximum atomic E-state index is 13.2. The second-order valence-electron chi connectivity index (χ2n) is 14.2. The molecule has 1 amide bonds. The van der Waals surface area contributed by atoms with E-state index in [-0.39, 0.29) is 49.4 Å². The lowest BCUT2D eigenvalue weighted by Crippen LogP contribution is -2.42. The second-order valence-corrected chi connectivity index (χ2v) is 14.2. The van der Waals surface area contributed by atoms with Crippen molar-refractivity contribution in [1.29, 1.82) is 0 Å². The first kappa shape index (κ1) is 45.4. The van der Waals surface area contributed by atoms with E-state index in [1.807, 2.05) is 19.0 Å². The van der Waals surface area contributed by atoms with Gasteiger partial charge in [-0.25, -0.2) is 0 Å². The zero-order chi connectivity index (χ0) is 35.0. The first-order valence-corrected chi connectivity index (χ1v) is 20.1. The molecule has 47 heavy (non-hydrogen) atoms. The van der Waals surface area contributed by atoms with Gasteiger partial charge in [-0.2, -0.15) is 0 Å². The van der Waals surface area contributed by atoms with Gasteiger partial charge in [-0.15, -0.1) is 0 Å². The number of ether oxygens (including phenoxy) is 2. The van der Waals surface area contributed by atoms with Crippen LogP contribution in [0.4, 0.5) is 0 Å². The van der Waals surface area contributed by atoms with Crippen LogP contribution >= 0.6 is 0 Å². The molecule has 2 unspecified atom stereocenters. The Bertz CT molecular complexity index is 694. The molecule has 7 heteroatoms. The fourth-order valence-corrected chi connectivity index (χ4v) is 6.22. The third kappa shape index (κ3) is 26.9. The van der Waals surface area contributed by atoms with Crippen LogP contribution in [-0.4, -0.2) is 74.6 Å². The van der Waals surface area contributed by atoms with Crippen LogP contribution in [0.1, 0.15) is 182 Å². The summed E-state index contributed by atoms with van der Waals surface area (Å²) in [6.07, 6.45) is 27.2. The summed E-state index contributed by atoms with van der Waals surface area (Å²) in [6.45, 7) is 10.1. The van der Waals surface area contributed by atoms with Gasteiger partial charge in [-0.05, 0) is 39.8 Å². The van der Waals surface area contributed by atoms with E-state index < -0.39 is 0 Å². The molecule has 0 aliphatic rings. The van der Waals surface area contributed by atoms with Gasteiger partial charge < -0.3 is 19.3 Å². The Balaban J connectivity index is 5.04. The standard InChI is InChI=1S/C40H78N2O5/c1-7-11-15-19-21-25-29-36(27-23-17-13-9-3)39(44)46-33-31-42(38(43)35-41(5)6)32-34-47-40(45)37(28-24-18-14-10-4)30-26-22-20-16-12-8-2/h36-37H,7-35H2,1-6H3. The van der Waals surface area contributed by atoms with Gasteiger partial charge in [0.15, 0.2) is 0 Å². The molecule has 0 aliphatic heterocycles. The number of carbonyl (C=O) groups excluding carboxylic acids is 3. The molecule has 0 aromatic carbocycles. The summed E-state index contributed by atoms with van der Waals surface area (Å²) < 4.78 is 11.6. The van der Waals surface area contributed by atoms with E-state index in [9.17, 15) is 14.4 Å². The highest BCUT2D eigenvalue weighted by atomic mass is 16.5. The smallest absolute Gasteiger partial charge is 0.308 e. The molecule has 0 bridgehead atoms. The summed E-state index contributed by atoms with van der Waals surface area (Å²) in [7, 11) is 3.74. The van der Waals surface area contributed by atoms with E-state index in [4.69, 9.17) is 9.47 Å². The Kier molecular flexibility index (Phi) is 31.8. The first-order chi connectivity index (χ1) is 22.8. The molecule has 0 spiro atoms. The minimum Gasteiger partial charge on any atom is -0.464 e. The minimum atomic E-state index is -0.123. The van der Waals surface area contributed by atoms with Crippen LogP contribution in [0, 0.1) is 11.8 Å². The van der Waals surface area contributed by atoms with E-state index in [0.29, 0.717) is 13.1 Å². The minimum absolute atomic E-state index is 0.0477. The molecule has 0 aliphatic carbocycles. The molecule has 0 radical (unpaired) electrons. The topological polar surface area (TPSA) is 76.1 Å². The van der Waals surface area contributed by atoms with Gasteiger partial charge in [0.1, 0.15) is 13.2 Å². The molecule has 0 fully saturated rings. The van der Waals surface area contributed by atoms with Crippen molar-refractivity contribution in [3.05, 3.63) is 0 Å². The van der Waals surface area contributed by atoms with E-state index in [1.165, 1.54) is 89.9 Å². The molecule has 0 saturated heterocycles. The van der Waals surface area contributed by atoms with Crippen molar-refractivity contribution in [2.24, 2.45) is 11.8 Å². The van der Waals surface area contributed by atoms with Crippen molar-refractivity contribution < 1.29 is 23.9 Å². The van der Waals surface area contributed by atoms with Crippen LogP contribution < -0.4 is 0 Å². The zero-order valence-corrected chi connectivity index (χ0v) is 32.1. The van der Waals surface area contributed by atoms with Gasteiger partial charge in [-0.3, -0.25) is 14.4 Å². The van der Waals surface area contributed by atoms with E-state index in [2.05, 4.69) is 27.7 Å². The Morgan fingerprint density at radius 1 is 0.468 bits per heavy atom. The normalized spacial score (nSPS) is 12.7. The van der Waals surface area contributed by atoms with Gasteiger partial charge in [0.25, 0.3) is 0 Å². The lowest BCUT2D eigenvalue weighted by molar-refractivity contribution is -0.152. The predicted molar refractivity (Wildman–Crippen MR) is 198 cm³/mol. The number of likely N-dealkylation sites (N-methyl/N-ethyl adjacent to an activating group) is 1. The monoisotopic (exact) mass is 667 g/mol. The number of rotatable bonds is 34. The fourth-order valence-electron chi connectivity index (χ4n) is 6.22. The van der Waals surface area contributed by atoms with Crippen LogP contribution in [0.25, 0.3) is 0 Å². The van der Waals surface area contributed by atoms with Crippen molar-refractivity contribution in [1.82, 2.24) is 9.80 Å². The van der Waals surface area contributed by atoms with Gasteiger partial charge in [0.05, 0.1) is 31.5 Å². The summed E-state index contributed by atoms with van der Waals surface area (Å²) in [5, 5.41) is 0. The van der Waals surface area contributed by atoms with Gasteiger partial charge in [0, 0.05) is 0 Å². The number of esters is 2. The molecular formula is C40H78N2O5. The van der Waals surface area contributed by atoms with Crippen molar-refractivity contribution >= 4 is 17.8 Å². The average molecular weight is 667 g/mol. The van der Waals surface area contributed by atoms with Crippen molar-refractivity contribution in [3.8, 4) is 0 Å². The molecule has 0 N–H and O–H groups in total. The Morgan fingerprint density at radius 3 is 1.09 bits per heavy atom. The average Bonchev–Trinajstić information content (AvgIpc) is 3.04. The maximum Gasteiger partial charge on any atom is 0.308 e. The SMILES string of the molecule is CCCCCCCCC(CCCCCC)C(=O)OCCN(CCOC(=O)C(CCCCCC)CCCCCCCC)C(=O)CN(C)C. The quantitative estimate of drug-likeness (QED) is 0.0503. The molecule has 0 heterocycles. The number of nitrogens with zero attached hydrogens (tertiary/aromatic N) is 2. The molecule has 278 valence electrons. The van der Waals surface area contributed by atoms with Crippen LogP contribution in [-0.2, 0) is 23.9 Å². The Hall–Kier alpha value is -1.63. The molecule has 0 rings (SSSR count). The third-order valence-corrected chi connectivity index (χ3v) is 9.31. The molecule has 0 aromatic rings. The second kappa shape index (κ2) is 32.9.